The van der Waals surface area contributed by atoms with Gasteiger partial charge < -0.3 is 9.64 Å². The first-order chi connectivity index (χ1) is 13.3. The predicted octanol–water partition coefficient (Wildman–Crippen LogP) is 3.97. The highest BCUT2D eigenvalue weighted by molar-refractivity contribution is 9.10. The second-order valence-electron chi connectivity index (χ2n) is 6.13. The van der Waals surface area contributed by atoms with Gasteiger partial charge in [0.25, 0.3) is 11.6 Å². The smallest absolute Gasteiger partial charge is 0.276 e. The van der Waals surface area contributed by atoms with Gasteiger partial charge in [-0.05, 0) is 54.2 Å². The zero-order valence-electron chi connectivity index (χ0n) is 15.1. The number of non-ortho nitro benzene ring substituents is 1. The summed E-state index contributed by atoms with van der Waals surface area (Å²) in [4.78, 5) is 25.8. The van der Waals surface area contributed by atoms with E-state index in [1.165, 1.54) is 17.0 Å². The van der Waals surface area contributed by atoms with Crippen LogP contribution >= 0.6 is 28.1 Å². The van der Waals surface area contributed by atoms with E-state index in [1.807, 2.05) is 12.1 Å². The molecule has 0 radical (unpaired) electrons. The van der Waals surface area contributed by atoms with Crippen LogP contribution in [0, 0.1) is 10.1 Å². The standard InChI is InChI=1S/C19H16BrN3O4S/c1-21-16(18(24)22(2)19(21)28)10-13-9-14(20)5-8-17(13)27-11-12-3-6-15(7-4-12)23(25)26/h3-10H,11H2,1-2H3/b16-10-. The molecule has 0 N–H and O–H groups in total. The van der Waals surface area contributed by atoms with Gasteiger partial charge in [-0.1, -0.05) is 15.9 Å². The largest absolute Gasteiger partial charge is 0.488 e. The molecule has 1 fully saturated rings. The molecule has 0 saturated carbocycles. The number of halogens is 1. The van der Waals surface area contributed by atoms with Crippen LogP contribution in [0.1, 0.15) is 11.1 Å². The fraction of sp³-hybridized carbons (Fsp3) is 0.158. The maximum Gasteiger partial charge on any atom is 0.276 e. The van der Waals surface area contributed by atoms with E-state index in [9.17, 15) is 14.9 Å². The van der Waals surface area contributed by atoms with E-state index in [4.69, 9.17) is 17.0 Å². The zero-order chi connectivity index (χ0) is 20.4. The number of thiocarbonyl (C=S) groups is 1. The summed E-state index contributed by atoms with van der Waals surface area (Å²) >= 11 is 8.67. The highest BCUT2D eigenvalue weighted by Crippen LogP contribution is 2.29. The average Bonchev–Trinajstić information content (AvgIpc) is 2.85. The number of hydrogen-bond acceptors (Lipinski definition) is 5. The number of amides is 1. The number of carbonyl (C=O) groups is 1. The fourth-order valence-electron chi connectivity index (χ4n) is 2.67. The van der Waals surface area contributed by atoms with E-state index in [-0.39, 0.29) is 18.2 Å². The lowest BCUT2D eigenvalue weighted by Crippen LogP contribution is -2.26. The van der Waals surface area contributed by atoms with Crippen molar-refractivity contribution in [2.45, 2.75) is 6.61 Å². The molecule has 0 aromatic heterocycles. The van der Waals surface area contributed by atoms with Gasteiger partial charge >= 0.3 is 0 Å². The van der Waals surface area contributed by atoms with Crippen LogP contribution in [0.2, 0.25) is 0 Å². The molecule has 0 bridgehead atoms. The van der Waals surface area contributed by atoms with Gasteiger partial charge in [-0.15, -0.1) is 0 Å². The molecule has 0 atom stereocenters. The minimum atomic E-state index is -0.444. The van der Waals surface area contributed by atoms with Crippen molar-refractivity contribution in [3.05, 3.63) is 73.9 Å². The highest BCUT2D eigenvalue weighted by Gasteiger charge is 2.32. The number of nitro benzene ring substituents is 1. The van der Waals surface area contributed by atoms with Crippen molar-refractivity contribution in [3.8, 4) is 5.75 Å². The predicted molar refractivity (Wildman–Crippen MR) is 113 cm³/mol. The van der Waals surface area contributed by atoms with Gasteiger partial charge in [0.2, 0.25) is 0 Å². The van der Waals surface area contributed by atoms with Crippen molar-refractivity contribution in [3.63, 3.8) is 0 Å². The van der Waals surface area contributed by atoms with Gasteiger partial charge in [0.05, 0.1) is 4.92 Å². The number of rotatable bonds is 5. The summed E-state index contributed by atoms with van der Waals surface area (Å²) in [6.07, 6.45) is 1.73. The Morgan fingerprint density at radius 2 is 1.86 bits per heavy atom. The Bertz CT molecular complexity index is 991. The third-order valence-electron chi connectivity index (χ3n) is 4.26. The van der Waals surface area contributed by atoms with Gasteiger partial charge in [0.1, 0.15) is 18.1 Å². The lowest BCUT2D eigenvalue weighted by molar-refractivity contribution is -0.384. The molecule has 3 rings (SSSR count). The normalized spacial score (nSPS) is 15.5. The number of ether oxygens (including phenoxy) is 1. The number of carbonyl (C=O) groups excluding carboxylic acids is 1. The number of hydrogen-bond donors (Lipinski definition) is 0. The summed E-state index contributed by atoms with van der Waals surface area (Å²) in [5, 5.41) is 11.2. The Morgan fingerprint density at radius 1 is 1.18 bits per heavy atom. The molecule has 2 aromatic rings. The van der Waals surface area contributed by atoms with E-state index in [0.717, 1.165) is 10.0 Å². The minimum Gasteiger partial charge on any atom is -0.488 e. The van der Waals surface area contributed by atoms with E-state index in [2.05, 4.69) is 15.9 Å². The second kappa shape index (κ2) is 8.07. The number of likely N-dealkylation sites (N-methyl/N-ethyl adjacent to an activating group) is 2. The van der Waals surface area contributed by atoms with Crippen molar-refractivity contribution in [2.24, 2.45) is 0 Å². The summed E-state index contributed by atoms with van der Waals surface area (Å²) < 4.78 is 6.74. The zero-order valence-corrected chi connectivity index (χ0v) is 17.5. The molecule has 1 aliphatic heterocycles. The topological polar surface area (TPSA) is 75.9 Å². The molecule has 28 heavy (non-hydrogen) atoms. The molecule has 0 aliphatic carbocycles. The van der Waals surface area contributed by atoms with Crippen LogP contribution in [0.15, 0.2) is 52.6 Å². The quantitative estimate of drug-likeness (QED) is 0.290. The van der Waals surface area contributed by atoms with Crippen LogP contribution in [0.5, 0.6) is 5.75 Å². The third-order valence-corrected chi connectivity index (χ3v) is 5.31. The van der Waals surface area contributed by atoms with Crippen molar-refractivity contribution in [1.29, 1.82) is 0 Å². The van der Waals surface area contributed by atoms with E-state index in [1.54, 1.807) is 43.3 Å². The summed E-state index contributed by atoms with van der Waals surface area (Å²) in [5.74, 6) is 0.393. The summed E-state index contributed by atoms with van der Waals surface area (Å²) in [6, 6.07) is 11.7. The van der Waals surface area contributed by atoms with Gasteiger partial charge in [0.15, 0.2) is 5.11 Å². The van der Waals surface area contributed by atoms with Gasteiger partial charge in [0, 0.05) is 36.3 Å². The Hall–Kier alpha value is -2.78. The lowest BCUT2D eigenvalue weighted by Gasteiger charge is -2.13. The molecule has 2 aromatic carbocycles. The van der Waals surface area contributed by atoms with Crippen molar-refractivity contribution in [2.75, 3.05) is 14.1 Å². The summed E-state index contributed by atoms with van der Waals surface area (Å²) in [5.41, 5.74) is 1.98. The molecule has 7 nitrogen and oxygen atoms in total. The maximum absolute atomic E-state index is 12.4. The molecular weight excluding hydrogens is 446 g/mol. The Kier molecular flexibility index (Phi) is 5.76. The van der Waals surface area contributed by atoms with Crippen LogP contribution < -0.4 is 4.74 Å². The van der Waals surface area contributed by atoms with Crippen LogP contribution in [0.3, 0.4) is 0 Å². The van der Waals surface area contributed by atoms with E-state index in [0.29, 0.717) is 22.1 Å². The minimum absolute atomic E-state index is 0.0284. The van der Waals surface area contributed by atoms with Crippen LogP contribution in [-0.4, -0.2) is 39.8 Å². The van der Waals surface area contributed by atoms with Crippen molar-refractivity contribution < 1.29 is 14.5 Å². The molecule has 0 unspecified atom stereocenters. The van der Waals surface area contributed by atoms with Crippen molar-refractivity contribution >= 4 is 50.9 Å². The molecular formula is C19H16BrN3O4S. The van der Waals surface area contributed by atoms with E-state index < -0.39 is 4.92 Å². The number of nitrogens with zero attached hydrogens (tertiary/aromatic N) is 3. The monoisotopic (exact) mass is 461 g/mol. The molecule has 1 aliphatic rings. The van der Waals surface area contributed by atoms with Gasteiger partial charge in [-0.3, -0.25) is 19.8 Å². The molecule has 1 heterocycles. The molecule has 1 amide bonds. The average molecular weight is 462 g/mol. The first kappa shape index (κ1) is 20.0. The number of benzene rings is 2. The van der Waals surface area contributed by atoms with Crippen molar-refractivity contribution in [1.82, 2.24) is 9.80 Å². The summed E-state index contributed by atoms with van der Waals surface area (Å²) in [6.45, 7) is 0.234. The fourth-order valence-corrected chi connectivity index (χ4v) is 3.23. The number of nitro groups is 1. The third kappa shape index (κ3) is 4.05. The molecule has 0 spiro atoms. The maximum atomic E-state index is 12.4. The van der Waals surface area contributed by atoms with Gasteiger partial charge in [-0.2, -0.15) is 0 Å². The Labute approximate surface area is 175 Å². The highest BCUT2D eigenvalue weighted by atomic mass is 79.9. The Morgan fingerprint density at radius 3 is 2.43 bits per heavy atom. The lowest BCUT2D eigenvalue weighted by atomic mass is 10.1. The molecule has 144 valence electrons. The first-order valence-corrected chi connectivity index (χ1v) is 9.41. The van der Waals surface area contributed by atoms with Gasteiger partial charge in [-0.25, -0.2) is 0 Å². The second-order valence-corrected chi connectivity index (χ2v) is 7.41. The van der Waals surface area contributed by atoms with Crippen LogP contribution in [-0.2, 0) is 11.4 Å². The van der Waals surface area contributed by atoms with Crippen LogP contribution in [0.4, 0.5) is 5.69 Å². The summed E-state index contributed by atoms with van der Waals surface area (Å²) in [7, 11) is 3.37. The van der Waals surface area contributed by atoms with E-state index >= 15 is 0 Å². The van der Waals surface area contributed by atoms with Crippen LogP contribution in [0.25, 0.3) is 6.08 Å². The molecule has 9 heteroatoms. The Balaban J connectivity index is 1.85. The molecule has 1 saturated heterocycles. The first-order valence-electron chi connectivity index (χ1n) is 8.21. The SMILES string of the molecule is CN1C(=O)/C(=C/c2cc(Br)ccc2OCc2ccc([N+](=O)[O-])cc2)N(C)C1=S.